The van der Waals surface area contributed by atoms with Gasteiger partial charge in [0.05, 0.1) is 13.2 Å². The molecule has 1 aromatic carbocycles. The van der Waals surface area contributed by atoms with Gasteiger partial charge in [0, 0.05) is 25.6 Å². The van der Waals surface area contributed by atoms with E-state index in [9.17, 15) is 52.7 Å². The molecule has 0 aliphatic heterocycles. The van der Waals surface area contributed by atoms with Crippen LogP contribution in [0.4, 0.5) is 9.59 Å². The van der Waals surface area contributed by atoms with E-state index in [0.717, 1.165) is 27.7 Å². The fourth-order valence-corrected chi connectivity index (χ4v) is 5.26. The molecule has 72 heavy (non-hydrogen) atoms. The number of carbonyl (C=O) groups is 11. The molecule has 0 bridgehead atoms. The summed E-state index contributed by atoms with van der Waals surface area (Å²) in [6.45, 7) is 4.78. The van der Waals surface area contributed by atoms with Crippen LogP contribution in [0.3, 0.4) is 0 Å². The van der Waals surface area contributed by atoms with Crippen LogP contribution in [0.25, 0.3) is 0 Å². The second-order valence-electron chi connectivity index (χ2n) is 16.6. The summed E-state index contributed by atoms with van der Waals surface area (Å²) in [4.78, 5) is 139. The van der Waals surface area contributed by atoms with Gasteiger partial charge in [0.25, 0.3) is 0 Å². The van der Waals surface area contributed by atoms with Gasteiger partial charge in [-0.2, -0.15) is 0 Å². The van der Waals surface area contributed by atoms with Crippen LogP contribution in [0.15, 0.2) is 30.3 Å². The molecule has 0 saturated heterocycles. The Labute approximate surface area is 425 Å². The van der Waals surface area contributed by atoms with Gasteiger partial charge in [-0.25, -0.2) is 28.8 Å². The highest BCUT2D eigenvalue weighted by Gasteiger charge is 2.43. The van der Waals surface area contributed by atoms with Gasteiger partial charge >= 0.3 is 66.0 Å². The van der Waals surface area contributed by atoms with Crippen LogP contribution in [0, 0.1) is 16.2 Å². The molecule has 0 fully saturated rings. The van der Waals surface area contributed by atoms with Crippen molar-refractivity contribution in [2.24, 2.45) is 16.2 Å². The van der Waals surface area contributed by atoms with Gasteiger partial charge in [0.1, 0.15) is 62.5 Å². The largest absolute Gasteiger partial charge is 0.508 e. The number of carbonyl (C=O) groups excluding carboxylic acids is 11. The summed E-state index contributed by atoms with van der Waals surface area (Å²) >= 11 is 11.4. The smallest absolute Gasteiger partial charge is 0.465 e. The van der Waals surface area contributed by atoms with Gasteiger partial charge in [0.2, 0.25) is 0 Å². The zero-order valence-electron chi connectivity index (χ0n) is 41.4. The van der Waals surface area contributed by atoms with Crippen molar-refractivity contribution in [2.75, 3.05) is 64.6 Å². The summed E-state index contributed by atoms with van der Waals surface area (Å²) in [7, 11) is 0. The maximum Gasteiger partial charge on any atom is 0.508 e. The molecule has 24 nitrogen and oxygen atoms in total. The third kappa shape index (κ3) is 23.7. The summed E-state index contributed by atoms with van der Waals surface area (Å²) in [5.74, 6) is -8.81. The number of rotatable bonds is 31. The lowest BCUT2D eigenvalue weighted by molar-refractivity contribution is -0.180. The van der Waals surface area contributed by atoms with Crippen molar-refractivity contribution >= 4 is 89.2 Å². The Morgan fingerprint density at radius 2 is 0.736 bits per heavy atom. The maximum atomic E-state index is 13.6. The Morgan fingerprint density at radius 1 is 0.431 bits per heavy atom. The molecule has 0 aliphatic carbocycles. The highest BCUT2D eigenvalue weighted by molar-refractivity contribution is 6.18. The second-order valence-corrected chi connectivity index (χ2v) is 17.4. The first kappa shape index (κ1) is 63.6. The van der Waals surface area contributed by atoms with Crippen LogP contribution >= 0.6 is 23.2 Å². The topological polar surface area (TPSA) is 308 Å². The average molecular weight is 1070 g/mol. The van der Waals surface area contributed by atoms with E-state index in [1.54, 1.807) is 30.3 Å². The first-order valence-electron chi connectivity index (χ1n) is 22.1. The van der Waals surface area contributed by atoms with E-state index in [1.807, 2.05) is 0 Å². The first-order valence-corrected chi connectivity index (χ1v) is 23.1. The average Bonchev–Trinajstić information content (AvgIpc) is 3.33. The highest BCUT2D eigenvalue weighted by Crippen LogP contribution is 2.26. The number of halogens is 2. The lowest BCUT2D eigenvalue weighted by atomic mass is 9.93. The first-order chi connectivity index (χ1) is 33.7. The molecule has 0 saturated carbocycles. The molecule has 1 aromatic rings. The Morgan fingerprint density at radius 3 is 1.06 bits per heavy atom. The molecule has 1 rings (SSSR count). The van der Waals surface area contributed by atoms with Crippen LogP contribution in [0.5, 0.6) is 0 Å². The van der Waals surface area contributed by atoms with E-state index in [0.29, 0.717) is 5.56 Å². The molecule has 0 amide bonds. The van der Waals surface area contributed by atoms with Crippen LogP contribution in [0.1, 0.15) is 80.7 Å². The number of ether oxygens (including phenoxy) is 13. The van der Waals surface area contributed by atoms with Crippen LogP contribution < -0.4 is 0 Å². The van der Waals surface area contributed by atoms with Crippen molar-refractivity contribution < 1.29 is 114 Å². The van der Waals surface area contributed by atoms with E-state index in [2.05, 4.69) is 0 Å². The highest BCUT2D eigenvalue weighted by atomic mass is 35.5. The van der Waals surface area contributed by atoms with Crippen molar-refractivity contribution in [1.29, 1.82) is 0 Å². The molecule has 0 N–H and O–H groups in total. The van der Waals surface area contributed by atoms with Crippen molar-refractivity contribution in [3.63, 3.8) is 0 Å². The Kier molecular flexibility index (Phi) is 28.1. The minimum absolute atomic E-state index is 0.119. The Balaban J connectivity index is 3.21. The van der Waals surface area contributed by atoms with Gasteiger partial charge < -0.3 is 61.6 Å². The molecule has 0 aliphatic rings. The number of benzene rings is 1. The minimum Gasteiger partial charge on any atom is -0.465 e. The third-order valence-electron chi connectivity index (χ3n) is 9.41. The summed E-state index contributed by atoms with van der Waals surface area (Å²) < 4.78 is 66.6. The monoisotopic (exact) mass is 1070 g/mol. The molecule has 404 valence electrons. The minimum atomic E-state index is -2.01. The summed E-state index contributed by atoms with van der Waals surface area (Å²) in [5.41, 5.74) is -5.29. The standard InChI is InChI=1S/C46H62Cl2O24/c1-28(71-37(53)30(3)69-32(5)49)35(51)63-22-44(7,39(55)60-19-13-17-47)24-65-42(58)67-26-46(9,41(57)62-21-34-15-11-10-12-16-34)27-68-43(59)66-25-45(8,40(56)61-20-14-18-48)23-64-36(52)29(2)72-38(54)31(4)70-33(6)50/h10-12,15-16,28-31H,13-14,17-27H2,1-9H3/t28-,29?,30-,31?,44?,45?,46?/m0/s1. The van der Waals surface area contributed by atoms with Gasteiger partial charge in [-0.05, 0) is 66.9 Å². The van der Waals surface area contributed by atoms with Gasteiger partial charge in [-0.3, -0.25) is 24.0 Å². The Bertz CT molecular complexity index is 1900. The fourth-order valence-electron chi connectivity index (χ4n) is 5.05. The van der Waals surface area contributed by atoms with Crippen molar-refractivity contribution in [2.45, 2.75) is 106 Å². The van der Waals surface area contributed by atoms with E-state index in [-0.39, 0.29) is 44.4 Å². The van der Waals surface area contributed by atoms with Gasteiger partial charge in [0.15, 0.2) is 24.4 Å². The number of alkyl halides is 2. The molecule has 0 spiro atoms. The van der Waals surface area contributed by atoms with Gasteiger partial charge in [-0.1, -0.05) is 30.3 Å². The van der Waals surface area contributed by atoms with E-state index < -0.39 is 146 Å². The molecule has 0 aromatic heterocycles. The summed E-state index contributed by atoms with van der Waals surface area (Å²) in [6, 6.07) is 8.38. The van der Waals surface area contributed by atoms with Gasteiger partial charge in [-0.15, -0.1) is 23.2 Å². The zero-order valence-corrected chi connectivity index (χ0v) is 43.0. The molecule has 0 heterocycles. The number of hydrogen-bond donors (Lipinski definition) is 0. The van der Waals surface area contributed by atoms with Crippen LogP contribution in [0.2, 0.25) is 0 Å². The molecular formula is C46H62Cl2O24. The molecular weight excluding hydrogens is 1010 g/mol. The predicted molar refractivity (Wildman–Crippen MR) is 243 cm³/mol. The fraction of sp³-hybridized carbons (Fsp3) is 0.630. The molecule has 5 unspecified atom stereocenters. The maximum absolute atomic E-state index is 13.6. The third-order valence-corrected chi connectivity index (χ3v) is 9.95. The predicted octanol–water partition coefficient (Wildman–Crippen LogP) is 4.25. The quantitative estimate of drug-likeness (QED) is 0.0434. The normalized spacial score (nSPS) is 14.9. The van der Waals surface area contributed by atoms with Crippen LogP contribution in [-0.2, 0) is 111 Å². The zero-order chi connectivity index (χ0) is 54.7. The van der Waals surface area contributed by atoms with E-state index in [1.165, 1.54) is 34.6 Å². The van der Waals surface area contributed by atoms with E-state index >= 15 is 0 Å². The number of esters is 9. The van der Waals surface area contributed by atoms with Crippen LogP contribution in [-0.4, -0.2) is 155 Å². The Hall–Kier alpha value is -6.43. The summed E-state index contributed by atoms with van der Waals surface area (Å²) in [6.07, 6.45) is -8.30. The molecule has 7 atom stereocenters. The van der Waals surface area contributed by atoms with Crippen molar-refractivity contribution in [3.8, 4) is 0 Å². The van der Waals surface area contributed by atoms with E-state index in [4.69, 9.17) is 84.8 Å². The lowest BCUT2D eigenvalue weighted by Gasteiger charge is -2.29. The van der Waals surface area contributed by atoms with Crippen molar-refractivity contribution in [1.82, 2.24) is 0 Å². The SMILES string of the molecule is CC(=O)OC(C)C(=O)OC(C)C(=O)OCC(C)(COC(=O)OCC(C)(COC(=O)OCC(C)(COC(=O)[C@H](C)OC(=O)[C@H](C)OC(C)=O)C(=O)OCCCCl)C(=O)OCc1ccccc1)C(=O)OCCCCl. The van der Waals surface area contributed by atoms with Crippen molar-refractivity contribution in [3.05, 3.63) is 35.9 Å². The lowest BCUT2D eigenvalue weighted by Crippen LogP contribution is -2.43. The molecule has 26 heteroatoms. The number of hydrogen-bond acceptors (Lipinski definition) is 24. The molecule has 0 radical (unpaired) electrons. The summed E-state index contributed by atoms with van der Waals surface area (Å²) in [5, 5.41) is 0. The second kappa shape index (κ2) is 31.8.